The van der Waals surface area contributed by atoms with Gasteiger partial charge in [0.15, 0.2) is 0 Å². The van der Waals surface area contributed by atoms with Crippen LogP contribution in [0, 0.1) is 0 Å². The third-order valence-corrected chi connectivity index (χ3v) is 11.1. The second kappa shape index (κ2) is 11.8. The minimum absolute atomic E-state index is 0.907. The highest BCUT2D eigenvalue weighted by Gasteiger charge is 2.21. The Balaban J connectivity index is 1.11. The Bertz CT molecular complexity index is 3150. The van der Waals surface area contributed by atoms with E-state index in [9.17, 15) is 0 Å². The highest BCUT2D eigenvalue weighted by Crippen LogP contribution is 2.47. The van der Waals surface area contributed by atoms with Gasteiger partial charge in [-0.2, -0.15) is 0 Å². The van der Waals surface area contributed by atoms with E-state index in [0.29, 0.717) is 0 Å². The molecule has 0 aliphatic carbocycles. The summed E-state index contributed by atoms with van der Waals surface area (Å²) in [4.78, 5) is 0. The van der Waals surface area contributed by atoms with E-state index in [1.807, 2.05) is 0 Å². The fourth-order valence-electron chi connectivity index (χ4n) is 8.70. The number of rotatable bonds is 4. The second-order valence-electron chi connectivity index (χ2n) is 14.0. The van der Waals surface area contributed by atoms with Crippen LogP contribution in [0.1, 0.15) is 0 Å². The van der Waals surface area contributed by atoms with E-state index in [1.165, 1.54) is 87.6 Å². The molecule has 0 saturated carbocycles. The Morgan fingerprint density at radius 3 is 1.47 bits per heavy atom. The van der Waals surface area contributed by atoms with Crippen LogP contribution in [-0.4, -0.2) is 0 Å². The topological polar surface area (TPSA) is 13.1 Å². The lowest BCUT2D eigenvalue weighted by Crippen LogP contribution is -1.91. The van der Waals surface area contributed by atoms with Gasteiger partial charge in [-0.05, 0) is 106 Å². The lowest BCUT2D eigenvalue weighted by Gasteiger charge is -2.18. The molecular weight excluding hydrogens is 641 g/mol. The predicted octanol–water partition coefficient (Wildman–Crippen LogP) is 14.9. The van der Waals surface area contributed by atoms with Gasteiger partial charge in [-0.15, -0.1) is 0 Å². The molecule has 0 bridgehead atoms. The molecule has 0 fully saturated rings. The van der Waals surface area contributed by atoms with Crippen LogP contribution < -0.4 is 0 Å². The van der Waals surface area contributed by atoms with Crippen molar-refractivity contribution in [1.29, 1.82) is 0 Å². The van der Waals surface area contributed by atoms with Crippen molar-refractivity contribution in [3.8, 4) is 44.5 Å². The van der Waals surface area contributed by atoms with Gasteiger partial charge >= 0.3 is 0 Å². The van der Waals surface area contributed by atoms with Gasteiger partial charge in [-0.1, -0.05) is 176 Å². The average Bonchev–Trinajstić information content (AvgIpc) is 3.59. The van der Waals surface area contributed by atoms with Crippen LogP contribution >= 0.6 is 0 Å². The van der Waals surface area contributed by atoms with Gasteiger partial charge in [0, 0.05) is 10.8 Å². The van der Waals surface area contributed by atoms with Crippen LogP contribution in [0.3, 0.4) is 0 Å². The van der Waals surface area contributed by atoms with Crippen LogP contribution in [0.15, 0.2) is 199 Å². The van der Waals surface area contributed by atoms with Gasteiger partial charge in [0.05, 0.1) is 0 Å². The van der Waals surface area contributed by atoms with Crippen molar-refractivity contribution in [2.24, 2.45) is 0 Å². The quantitative estimate of drug-likeness (QED) is 0.170. The molecule has 0 atom stereocenters. The van der Waals surface area contributed by atoms with Crippen molar-refractivity contribution in [3.05, 3.63) is 194 Å². The summed E-state index contributed by atoms with van der Waals surface area (Å²) in [5.41, 5.74) is 11.6. The number of fused-ring (bicyclic) bond motifs is 7. The van der Waals surface area contributed by atoms with Gasteiger partial charge in [0.2, 0.25) is 0 Å². The molecule has 1 aromatic heterocycles. The number of benzene rings is 10. The smallest absolute Gasteiger partial charge is 0.136 e. The van der Waals surface area contributed by atoms with E-state index in [2.05, 4.69) is 194 Å². The third kappa shape index (κ3) is 4.64. The summed E-state index contributed by atoms with van der Waals surface area (Å²) >= 11 is 0. The van der Waals surface area contributed by atoms with E-state index in [-0.39, 0.29) is 0 Å². The number of furan rings is 1. The van der Waals surface area contributed by atoms with E-state index in [4.69, 9.17) is 4.42 Å². The molecule has 0 spiro atoms. The number of hydrogen-bond donors (Lipinski definition) is 0. The summed E-state index contributed by atoms with van der Waals surface area (Å²) in [6, 6.07) is 70.5. The predicted molar refractivity (Wildman–Crippen MR) is 225 cm³/mol. The maximum atomic E-state index is 6.55. The maximum Gasteiger partial charge on any atom is 0.136 e. The normalized spacial score (nSPS) is 11.8. The molecule has 0 unspecified atom stereocenters. The van der Waals surface area contributed by atoms with Crippen molar-refractivity contribution in [3.63, 3.8) is 0 Å². The van der Waals surface area contributed by atoms with Crippen molar-refractivity contribution in [2.45, 2.75) is 0 Å². The Morgan fingerprint density at radius 2 is 0.755 bits per heavy atom. The molecule has 11 aromatic rings. The van der Waals surface area contributed by atoms with Gasteiger partial charge in [0.25, 0.3) is 0 Å². The van der Waals surface area contributed by atoms with Gasteiger partial charge in [0.1, 0.15) is 11.2 Å². The lowest BCUT2D eigenvalue weighted by atomic mass is 9.84. The highest BCUT2D eigenvalue weighted by atomic mass is 16.3. The van der Waals surface area contributed by atoms with Crippen LogP contribution in [0.4, 0.5) is 0 Å². The summed E-state index contributed by atoms with van der Waals surface area (Å²) in [5.74, 6) is 0. The molecule has 1 heterocycles. The SMILES string of the molecule is c1ccc(-c2cccc3ccccc23)c(-c2ccc(-c3c4ccccc4c(-c4cccc5oc6cc7ccccc7cc6c45)c4ccccc34)cc2)c1. The van der Waals surface area contributed by atoms with Crippen LogP contribution in [0.2, 0.25) is 0 Å². The number of hydrogen-bond acceptors (Lipinski definition) is 1. The fourth-order valence-corrected chi connectivity index (χ4v) is 8.70. The Morgan fingerprint density at radius 1 is 0.264 bits per heavy atom. The zero-order chi connectivity index (χ0) is 34.9. The van der Waals surface area contributed by atoms with Crippen molar-refractivity contribution < 1.29 is 4.42 Å². The van der Waals surface area contributed by atoms with Gasteiger partial charge < -0.3 is 4.42 Å². The van der Waals surface area contributed by atoms with Gasteiger partial charge in [-0.25, -0.2) is 0 Å². The second-order valence-corrected chi connectivity index (χ2v) is 14.0. The van der Waals surface area contributed by atoms with E-state index in [0.717, 1.165) is 21.9 Å². The zero-order valence-electron chi connectivity index (χ0n) is 28.9. The van der Waals surface area contributed by atoms with E-state index >= 15 is 0 Å². The average molecular weight is 673 g/mol. The molecular formula is C52H32O. The summed E-state index contributed by atoms with van der Waals surface area (Å²) in [6.07, 6.45) is 0. The van der Waals surface area contributed by atoms with Crippen LogP contribution in [0.5, 0.6) is 0 Å². The first-order valence-corrected chi connectivity index (χ1v) is 18.3. The zero-order valence-corrected chi connectivity index (χ0v) is 28.9. The lowest BCUT2D eigenvalue weighted by molar-refractivity contribution is 0.669. The van der Waals surface area contributed by atoms with Crippen LogP contribution in [-0.2, 0) is 0 Å². The molecule has 1 nitrogen and oxygen atoms in total. The summed E-state index contributed by atoms with van der Waals surface area (Å²) in [5, 5.41) is 12.2. The maximum absolute atomic E-state index is 6.55. The fraction of sp³-hybridized carbons (Fsp3) is 0. The first-order valence-electron chi connectivity index (χ1n) is 18.3. The molecule has 11 rings (SSSR count). The first-order chi connectivity index (χ1) is 26.3. The Kier molecular flexibility index (Phi) is 6.62. The Labute approximate surface area is 307 Å². The Hall–Kier alpha value is -6.96. The summed E-state index contributed by atoms with van der Waals surface area (Å²) < 4.78 is 6.55. The molecule has 0 N–H and O–H groups in total. The molecule has 0 saturated heterocycles. The molecule has 1 heteroatoms. The van der Waals surface area contributed by atoms with Crippen molar-refractivity contribution in [1.82, 2.24) is 0 Å². The molecule has 0 aliphatic rings. The van der Waals surface area contributed by atoms with Crippen molar-refractivity contribution >= 4 is 65.0 Å². The molecule has 0 radical (unpaired) electrons. The highest BCUT2D eigenvalue weighted by molar-refractivity contribution is 6.26. The molecule has 10 aromatic carbocycles. The summed E-state index contributed by atoms with van der Waals surface area (Å²) in [6.45, 7) is 0. The molecule has 0 amide bonds. The van der Waals surface area contributed by atoms with E-state index in [1.54, 1.807) is 0 Å². The standard InChI is InChI=1S/C52H32O/c1-2-15-37-32-49-47(31-36(37)14-1)52-46(25-12-26-48(52)53-49)51-44-22-9-7-20-42(44)50(43-21-8-10-23-45(43)51)35-29-27-34(28-30-35)39-18-5-6-19-40(39)41-24-11-16-33-13-3-4-17-38(33)41/h1-32H. The van der Waals surface area contributed by atoms with Gasteiger partial charge in [-0.3, -0.25) is 0 Å². The molecule has 53 heavy (non-hydrogen) atoms. The molecule has 0 aliphatic heterocycles. The minimum atomic E-state index is 0.907. The third-order valence-electron chi connectivity index (χ3n) is 11.1. The minimum Gasteiger partial charge on any atom is -0.456 e. The monoisotopic (exact) mass is 672 g/mol. The summed E-state index contributed by atoms with van der Waals surface area (Å²) in [7, 11) is 0. The van der Waals surface area contributed by atoms with Crippen LogP contribution in [0.25, 0.3) is 110 Å². The molecule has 246 valence electrons. The van der Waals surface area contributed by atoms with Crippen molar-refractivity contribution in [2.75, 3.05) is 0 Å². The van der Waals surface area contributed by atoms with E-state index < -0.39 is 0 Å². The first kappa shape index (κ1) is 29.7. The largest absolute Gasteiger partial charge is 0.456 e.